The number of anilines is 3. The highest BCUT2D eigenvalue weighted by atomic mass is 15.1. The van der Waals surface area contributed by atoms with E-state index in [1.165, 1.54) is 133 Å². The van der Waals surface area contributed by atoms with Gasteiger partial charge >= 0.3 is 0 Å². The van der Waals surface area contributed by atoms with Crippen LogP contribution in [0.3, 0.4) is 0 Å². The van der Waals surface area contributed by atoms with Crippen molar-refractivity contribution >= 4 is 44.4 Å². The van der Waals surface area contributed by atoms with E-state index in [1.54, 1.807) is 0 Å². The lowest BCUT2D eigenvalue weighted by atomic mass is 9.70. The Morgan fingerprint density at radius 3 is 1.54 bits per heavy atom. The van der Waals surface area contributed by atoms with Crippen LogP contribution in [0.15, 0.2) is 273 Å². The number of hydrogen-bond acceptors (Lipinski definition) is 1. The third kappa shape index (κ3) is 6.38. The third-order valence-electron chi connectivity index (χ3n) is 17.9. The first-order valence-electron chi connectivity index (χ1n) is 27.6. The highest BCUT2D eigenvalue weighted by Gasteiger charge is 2.53. The van der Waals surface area contributed by atoms with E-state index < -0.39 is 5.41 Å². The van der Waals surface area contributed by atoms with E-state index in [0.29, 0.717) is 0 Å². The van der Waals surface area contributed by atoms with Crippen LogP contribution >= 0.6 is 0 Å². The van der Waals surface area contributed by atoms with E-state index in [-0.39, 0.29) is 5.41 Å². The molecule has 0 N–H and O–H groups in total. The van der Waals surface area contributed by atoms with Crippen molar-refractivity contribution in [2.45, 2.75) is 37.5 Å². The molecule has 12 aromatic rings. The zero-order valence-corrected chi connectivity index (χ0v) is 43.7. The van der Waals surface area contributed by atoms with Gasteiger partial charge in [-0.25, -0.2) is 0 Å². The maximum Gasteiger partial charge on any atom is 0.0746 e. The van der Waals surface area contributed by atoms with Crippen LogP contribution in [0.5, 0.6) is 0 Å². The number of rotatable bonds is 7. The molecule has 1 heterocycles. The Kier molecular flexibility index (Phi) is 9.76. The summed E-state index contributed by atoms with van der Waals surface area (Å²) in [7, 11) is 0. The van der Waals surface area contributed by atoms with Crippen molar-refractivity contribution in [2.24, 2.45) is 0 Å². The van der Waals surface area contributed by atoms with Crippen LogP contribution in [-0.4, -0.2) is 4.57 Å². The van der Waals surface area contributed by atoms with Crippen LogP contribution in [0.1, 0.15) is 60.1 Å². The summed E-state index contributed by atoms with van der Waals surface area (Å²) < 4.78 is 2.51. The smallest absolute Gasteiger partial charge is 0.0746 e. The third-order valence-corrected chi connectivity index (χ3v) is 17.9. The Hall–Kier alpha value is -9.50. The molecule has 78 heavy (non-hydrogen) atoms. The normalized spacial score (nSPS) is 14.8. The highest BCUT2D eigenvalue weighted by molar-refractivity contribution is 6.12. The van der Waals surface area contributed by atoms with Crippen LogP contribution in [0, 0.1) is 0 Å². The minimum atomic E-state index is -0.517. The van der Waals surface area contributed by atoms with Crippen LogP contribution in [0.25, 0.3) is 88.7 Å². The topological polar surface area (TPSA) is 8.17 Å². The first kappa shape index (κ1) is 44.8. The Labute approximate surface area is 456 Å². The number of nitrogens with zero attached hydrogens (tertiary/aromatic N) is 2. The van der Waals surface area contributed by atoms with Gasteiger partial charge in [0.05, 0.1) is 22.1 Å². The van der Waals surface area contributed by atoms with Crippen molar-refractivity contribution in [3.8, 4) is 61.3 Å². The molecule has 0 atom stereocenters. The largest absolute Gasteiger partial charge is 0.310 e. The number of allylic oxidation sites excluding steroid dienone is 4. The van der Waals surface area contributed by atoms with Gasteiger partial charge in [0, 0.05) is 38.8 Å². The molecule has 16 rings (SSSR count). The summed E-state index contributed by atoms with van der Waals surface area (Å²) >= 11 is 0. The maximum atomic E-state index is 2.53. The molecule has 4 aliphatic carbocycles. The number of hydrogen-bond donors (Lipinski definition) is 0. The molecule has 2 heteroatoms. The Morgan fingerprint density at radius 2 is 0.885 bits per heavy atom. The zero-order chi connectivity index (χ0) is 51.7. The number of aromatic nitrogens is 1. The summed E-state index contributed by atoms with van der Waals surface area (Å²) in [4.78, 5) is 2.51. The molecule has 2 nitrogen and oxygen atoms in total. The van der Waals surface area contributed by atoms with Gasteiger partial charge in [-0.2, -0.15) is 0 Å². The lowest BCUT2D eigenvalue weighted by Gasteiger charge is -2.36. The fraction of sp³-hybridized carbons (Fsp3) is 0.0789. The molecule has 0 saturated heterocycles. The van der Waals surface area contributed by atoms with E-state index in [4.69, 9.17) is 0 Å². The van der Waals surface area contributed by atoms with Crippen molar-refractivity contribution in [2.75, 3.05) is 4.90 Å². The summed E-state index contributed by atoms with van der Waals surface area (Å²) in [5, 5.41) is 2.55. The minimum Gasteiger partial charge on any atom is -0.310 e. The van der Waals surface area contributed by atoms with Crippen molar-refractivity contribution < 1.29 is 0 Å². The number of fused-ring (bicyclic) bond motifs is 15. The second-order valence-corrected chi connectivity index (χ2v) is 22.2. The number of benzene rings is 11. The fourth-order valence-corrected chi connectivity index (χ4v) is 14.4. The monoisotopic (exact) mass is 994 g/mol. The zero-order valence-electron chi connectivity index (χ0n) is 43.7. The van der Waals surface area contributed by atoms with Gasteiger partial charge in [0.2, 0.25) is 0 Å². The summed E-state index contributed by atoms with van der Waals surface area (Å²) in [6, 6.07) is 95.6. The first-order chi connectivity index (χ1) is 38.4. The summed E-state index contributed by atoms with van der Waals surface area (Å²) in [5.41, 5.74) is 29.9. The molecule has 1 aromatic heterocycles. The molecule has 0 fully saturated rings. The molecule has 0 bridgehead atoms. The van der Waals surface area contributed by atoms with E-state index in [0.717, 1.165) is 24.2 Å². The maximum absolute atomic E-state index is 2.53. The van der Waals surface area contributed by atoms with Crippen LogP contribution in [-0.2, 0) is 10.8 Å². The minimum absolute atomic E-state index is 0.0792. The molecule has 11 aromatic carbocycles. The highest BCUT2D eigenvalue weighted by Crippen LogP contribution is 2.65. The molecular weight excluding hydrogens is 941 g/mol. The Morgan fingerprint density at radius 1 is 0.385 bits per heavy atom. The predicted molar refractivity (Wildman–Crippen MR) is 326 cm³/mol. The van der Waals surface area contributed by atoms with Crippen LogP contribution < -0.4 is 4.90 Å². The van der Waals surface area contributed by atoms with Crippen molar-refractivity contribution in [1.82, 2.24) is 4.57 Å². The predicted octanol–water partition coefficient (Wildman–Crippen LogP) is 20.0. The molecule has 1 spiro atoms. The van der Waals surface area contributed by atoms with Crippen molar-refractivity contribution in [3.05, 3.63) is 306 Å². The SMILES string of the molecule is CC1(C)C2=C(CCC=C2)c2cc3c4cc(-c5ccc(N(c6ccc(-c7ccccc7)cc6)c6cccc7c6C6(c8ccccc8-c8ccccc86)c6ccccc6-7)cc5)ccc4n(-c4cccc(-c5ccccc5)c4)c3cc21. The summed E-state index contributed by atoms with van der Waals surface area (Å²) in [5.74, 6) is 0. The summed E-state index contributed by atoms with van der Waals surface area (Å²) in [6.07, 6.45) is 6.93. The van der Waals surface area contributed by atoms with Crippen molar-refractivity contribution in [1.29, 1.82) is 0 Å². The van der Waals surface area contributed by atoms with Gasteiger partial charge in [0.15, 0.2) is 0 Å². The molecule has 4 aliphatic rings. The van der Waals surface area contributed by atoms with Crippen LogP contribution in [0.4, 0.5) is 17.1 Å². The van der Waals surface area contributed by atoms with Crippen molar-refractivity contribution in [3.63, 3.8) is 0 Å². The van der Waals surface area contributed by atoms with Crippen LogP contribution in [0.2, 0.25) is 0 Å². The van der Waals surface area contributed by atoms with Gasteiger partial charge in [-0.05, 0) is 174 Å². The Balaban J connectivity index is 0.877. The molecule has 368 valence electrons. The quantitative estimate of drug-likeness (QED) is 0.154. The van der Waals surface area contributed by atoms with Gasteiger partial charge in [-0.3, -0.25) is 0 Å². The molecule has 0 amide bonds. The van der Waals surface area contributed by atoms with Gasteiger partial charge in [-0.15, -0.1) is 0 Å². The lowest BCUT2D eigenvalue weighted by Crippen LogP contribution is -2.28. The standard InChI is InChI=1S/C76H54N2/c1-75(2)66-30-13-9-28-61(66)63-47-65-64-46-54(39-44-71(64)78(73(65)48-70(63)75)57-24-17-23-53(45-57)50-21-7-4-8-22-50)52-37-42-56(43-38-52)77(55-40-35-51(36-41-55)49-19-5-3-6-20-49)72-34-18-29-62-60-27-12-16-33-69(60)76(74(62)72)67-31-14-10-25-58(67)59-26-11-15-32-68(59)76/h3-8,10-27,29-48H,9,28H2,1-2H3. The molecule has 0 unspecified atom stereocenters. The second-order valence-electron chi connectivity index (χ2n) is 22.2. The van der Waals surface area contributed by atoms with Gasteiger partial charge in [0.25, 0.3) is 0 Å². The van der Waals surface area contributed by atoms with Gasteiger partial charge < -0.3 is 9.47 Å². The Bertz CT molecular complexity index is 4430. The van der Waals surface area contributed by atoms with Gasteiger partial charge in [-0.1, -0.05) is 214 Å². The molecular formula is C76H54N2. The van der Waals surface area contributed by atoms with E-state index >= 15 is 0 Å². The fourth-order valence-electron chi connectivity index (χ4n) is 14.4. The lowest BCUT2D eigenvalue weighted by molar-refractivity contribution is 0.652. The summed E-state index contributed by atoms with van der Waals surface area (Å²) in [6.45, 7) is 4.83. The van der Waals surface area contributed by atoms with E-state index in [1.807, 2.05) is 0 Å². The molecule has 0 aliphatic heterocycles. The van der Waals surface area contributed by atoms with E-state index in [9.17, 15) is 0 Å². The molecule has 0 saturated carbocycles. The average molecular weight is 995 g/mol. The van der Waals surface area contributed by atoms with E-state index in [2.05, 4.69) is 290 Å². The second kappa shape index (κ2) is 17.0. The first-order valence-corrected chi connectivity index (χ1v) is 27.6. The molecule has 0 radical (unpaired) electrons. The van der Waals surface area contributed by atoms with Gasteiger partial charge in [0.1, 0.15) is 0 Å². The average Bonchev–Trinajstić information content (AvgIpc) is 4.31.